The maximum atomic E-state index is 3.67. The third-order valence-corrected chi connectivity index (χ3v) is 9.86. The average Bonchev–Trinajstić information content (AvgIpc) is 3.10. The summed E-state index contributed by atoms with van der Waals surface area (Å²) in [5.74, 6) is 0. The first-order valence-electron chi connectivity index (χ1n) is 9.14. The molecule has 2 aromatic carbocycles. The van der Waals surface area contributed by atoms with Gasteiger partial charge in [0.2, 0.25) is 0 Å². The van der Waals surface area contributed by atoms with Gasteiger partial charge in [-0.1, -0.05) is 98.2 Å². The van der Waals surface area contributed by atoms with E-state index in [1.54, 1.807) is 10.4 Å². The van der Waals surface area contributed by atoms with Crippen LogP contribution in [0, 0.1) is 6.08 Å². The quantitative estimate of drug-likeness (QED) is 0.284. The van der Waals surface area contributed by atoms with E-state index in [1.165, 1.54) is 30.0 Å². The number of hydrogen-bond donors (Lipinski definition) is 0. The molecule has 1 unspecified atom stereocenters. The molecule has 5 heteroatoms. The fourth-order valence-corrected chi connectivity index (χ4v) is 8.03. The molecule has 148 valence electrons. The fourth-order valence-electron chi connectivity index (χ4n) is 3.78. The molecule has 0 aliphatic heterocycles. The standard InChI is InChI=1S/C23H27Si.3ClH.Ti/c1-3-4-18-24(2,22-15-9-6-10-16-22)23-17-11-14-21(23)19-20-12-7-5-8-13-20;;;;/h5-10,12-13,15-17H,3-4,11,18-19H2,1-2H3;3*1H;/q-1;;;;+4/p-3. The van der Waals surface area contributed by atoms with E-state index >= 15 is 0 Å². The minimum atomic E-state index is -1.67. The number of unbranched alkanes of at least 4 members (excludes halogenated alkanes) is 1. The van der Waals surface area contributed by atoms with Crippen LogP contribution in [0.25, 0.3) is 0 Å². The van der Waals surface area contributed by atoms with E-state index in [0.717, 1.165) is 12.8 Å². The summed E-state index contributed by atoms with van der Waals surface area (Å²) in [5, 5.41) is 3.20. The normalized spacial score (nSPS) is 14.1. The molecule has 1 aliphatic rings. The average molecular weight is 486 g/mol. The molecule has 3 rings (SSSR count). The van der Waals surface area contributed by atoms with Crippen LogP contribution in [-0.4, -0.2) is 8.07 Å². The molecule has 0 spiro atoms. The van der Waals surface area contributed by atoms with Crippen molar-refractivity contribution in [2.45, 2.75) is 45.2 Å². The van der Waals surface area contributed by atoms with E-state index in [0.29, 0.717) is 0 Å². The number of halogens is 3. The van der Waals surface area contributed by atoms with Gasteiger partial charge in [-0.3, -0.25) is 6.08 Å². The molecule has 0 nitrogen and oxygen atoms in total. The molecule has 0 N–H and O–H groups in total. The molecule has 0 aromatic heterocycles. The van der Waals surface area contributed by atoms with Gasteiger partial charge in [-0.15, -0.1) is 6.42 Å². The van der Waals surface area contributed by atoms with Gasteiger partial charge in [-0.05, 0) is 12.0 Å². The van der Waals surface area contributed by atoms with Crippen molar-refractivity contribution in [1.82, 2.24) is 0 Å². The van der Waals surface area contributed by atoms with Crippen molar-refractivity contribution in [1.29, 1.82) is 0 Å². The van der Waals surface area contributed by atoms with Gasteiger partial charge >= 0.3 is 21.7 Å². The molecule has 0 bridgehead atoms. The summed E-state index contributed by atoms with van der Waals surface area (Å²) in [4.78, 5) is 0. The largest absolute Gasteiger partial charge is 4.00 e. The minimum absolute atomic E-state index is 0. The second-order valence-corrected chi connectivity index (χ2v) is 11.2. The third-order valence-electron chi connectivity index (χ3n) is 5.21. The minimum Gasteiger partial charge on any atom is -1.00 e. The van der Waals surface area contributed by atoms with Crippen LogP contribution in [0.3, 0.4) is 0 Å². The summed E-state index contributed by atoms with van der Waals surface area (Å²) in [6.07, 6.45) is 10.7. The zero-order valence-electron chi connectivity index (χ0n) is 16.5. The van der Waals surface area contributed by atoms with E-state index < -0.39 is 8.07 Å². The van der Waals surface area contributed by atoms with Crippen LogP contribution in [0.5, 0.6) is 0 Å². The number of hydrogen-bond acceptors (Lipinski definition) is 0. The monoisotopic (exact) mass is 484 g/mol. The SMILES string of the molecule is CCCC[Si](C)(C1=CC[C-]=C1Cc1ccccc1)c1ccccc1.[Cl-].[Cl-].[Cl-].[Ti+4]. The van der Waals surface area contributed by atoms with E-state index in [9.17, 15) is 0 Å². The van der Waals surface area contributed by atoms with Gasteiger partial charge in [0, 0.05) is 8.07 Å². The van der Waals surface area contributed by atoms with Gasteiger partial charge in [-0.25, -0.2) is 5.57 Å². The van der Waals surface area contributed by atoms with Gasteiger partial charge in [0.25, 0.3) is 0 Å². The predicted molar refractivity (Wildman–Crippen MR) is 107 cm³/mol. The molecule has 0 fully saturated rings. The Hall–Kier alpha value is -0.279. The Morgan fingerprint density at radius 3 is 2.04 bits per heavy atom. The zero-order chi connectivity index (χ0) is 16.8. The van der Waals surface area contributed by atoms with Crippen LogP contribution in [0.4, 0.5) is 0 Å². The Bertz CT molecular complexity index is 732. The third kappa shape index (κ3) is 7.20. The van der Waals surface area contributed by atoms with E-state index in [2.05, 4.69) is 86.3 Å². The molecule has 0 heterocycles. The molecular formula is C23H27Cl3SiTi. The van der Waals surface area contributed by atoms with Crippen LogP contribution >= 0.6 is 0 Å². The fraction of sp³-hybridized carbons (Fsp3) is 0.304. The van der Waals surface area contributed by atoms with Crippen LogP contribution in [0.2, 0.25) is 12.6 Å². The van der Waals surface area contributed by atoms with Gasteiger partial charge in [-0.2, -0.15) is 11.3 Å². The molecule has 0 radical (unpaired) electrons. The van der Waals surface area contributed by atoms with Crippen molar-refractivity contribution in [2.24, 2.45) is 0 Å². The molecule has 1 atom stereocenters. The smallest absolute Gasteiger partial charge is 1.00 e. The van der Waals surface area contributed by atoms with Crippen molar-refractivity contribution < 1.29 is 58.9 Å². The molecule has 0 saturated heterocycles. The van der Waals surface area contributed by atoms with Gasteiger partial charge in [0.1, 0.15) is 0 Å². The first-order chi connectivity index (χ1) is 11.7. The Morgan fingerprint density at radius 2 is 1.46 bits per heavy atom. The van der Waals surface area contributed by atoms with Gasteiger partial charge in [0.05, 0.1) is 0 Å². The summed E-state index contributed by atoms with van der Waals surface area (Å²) in [6, 6.07) is 23.4. The topological polar surface area (TPSA) is 0 Å². The van der Waals surface area contributed by atoms with Crippen LogP contribution in [0.15, 0.2) is 77.5 Å². The van der Waals surface area contributed by atoms with Crippen LogP contribution in [-0.2, 0) is 28.1 Å². The predicted octanol–water partition coefficient (Wildman–Crippen LogP) is -3.38. The van der Waals surface area contributed by atoms with Gasteiger partial charge < -0.3 is 37.2 Å². The van der Waals surface area contributed by atoms with Crippen molar-refractivity contribution in [2.75, 3.05) is 0 Å². The number of rotatable bonds is 7. The van der Waals surface area contributed by atoms with Crippen molar-refractivity contribution in [3.63, 3.8) is 0 Å². The van der Waals surface area contributed by atoms with Crippen molar-refractivity contribution in [3.05, 3.63) is 89.1 Å². The summed E-state index contributed by atoms with van der Waals surface area (Å²) in [7, 11) is -1.67. The molecule has 1 aliphatic carbocycles. The Morgan fingerprint density at radius 1 is 0.893 bits per heavy atom. The zero-order valence-corrected chi connectivity index (χ0v) is 21.3. The summed E-state index contributed by atoms with van der Waals surface area (Å²) in [5.41, 5.74) is 2.85. The molecule has 0 amide bonds. The van der Waals surface area contributed by atoms with E-state index in [1.807, 2.05) is 0 Å². The van der Waals surface area contributed by atoms with Crippen molar-refractivity contribution in [3.8, 4) is 0 Å². The Kier molecular flexibility index (Phi) is 15.7. The van der Waals surface area contributed by atoms with E-state index in [4.69, 9.17) is 0 Å². The molecule has 2 aromatic rings. The molecular weight excluding hydrogens is 459 g/mol. The molecule has 28 heavy (non-hydrogen) atoms. The van der Waals surface area contributed by atoms with Crippen molar-refractivity contribution >= 4 is 13.3 Å². The van der Waals surface area contributed by atoms with Crippen LogP contribution < -0.4 is 42.4 Å². The summed E-state index contributed by atoms with van der Waals surface area (Å²) >= 11 is 0. The number of allylic oxidation sites excluding steroid dienone is 4. The summed E-state index contributed by atoms with van der Waals surface area (Å²) < 4.78 is 0. The van der Waals surface area contributed by atoms with Gasteiger partial charge in [0.15, 0.2) is 0 Å². The maximum absolute atomic E-state index is 3.67. The maximum Gasteiger partial charge on any atom is 4.00 e. The first kappa shape index (κ1) is 29.9. The van der Waals surface area contributed by atoms with Crippen LogP contribution in [0.1, 0.15) is 31.7 Å². The Labute approximate surface area is 205 Å². The first-order valence-corrected chi connectivity index (χ1v) is 11.8. The second-order valence-electron chi connectivity index (χ2n) is 6.94. The van der Waals surface area contributed by atoms with E-state index in [-0.39, 0.29) is 58.9 Å². The molecule has 0 saturated carbocycles. The Balaban J connectivity index is 0. The second kappa shape index (κ2) is 14.7. The number of benzene rings is 2. The summed E-state index contributed by atoms with van der Waals surface area (Å²) in [6.45, 7) is 4.86.